The summed E-state index contributed by atoms with van der Waals surface area (Å²) in [5, 5.41) is 11.6. The van der Waals surface area contributed by atoms with Gasteiger partial charge in [-0.05, 0) is 71.7 Å². The predicted octanol–water partition coefficient (Wildman–Crippen LogP) is 6.44. The lowest BCUT2D eigenvalue weighted by molar-refractivity contribution is -0.160. The second-order valence-electron chi connectivity index (χ2n) is 9.31. The molecular weight excluding hydrogens is 426 g/mol. The van der Waals surface area contributed by atoms with Crippen LogP contribution in [0, 0.1) is 13.8 Å². The second-order valence-corrected chi connectivity index (χ2v) is 9.69. The maximum absolute atomic E-state index is 12.4. The molecule has 0 amide bonds. The molecular formula is C26H28ClNO4. The number of halogens is 1. The smallest absolute Gasteiger partial charge is 0.337 e. The Morgan fingerprint density at radius 1 is 1.22 bits per heavy atom. The predicted molar refractivity (Wildman–Crippen MR) is 127 cm³/mol. The van der Waals surface area contributed by atoms with Crippen LogP contribution >= 0.6 is 11.6 Å². The number of rotatable bonds is 4. The van der Waals surface area contributed by atoms with Crippen molar-refractivity contribution in [1.82, 2.24) is 4.98 Å². The standard InChI is InChI=1S/C26H28ClNO4/c1-14-8-10-19-18(13-14)22(17-9-11-20-16(23(17)27)7-6-12-31-20)21(15(2)28-19)24(25(29)30)32-26(3,4)5/h8-11,13,24H,6-7,12H2,1-5H3,(H,29,30)/t24-/m0/s1. The summed E-state index contributed by atoms with van der Waals surface area (Å²) in [4.78, 5) is 17.2. The average Bonchev–Trinajstić information content (AvgIpc) is 2.72. The van der Waals surface area contributed by atoms with Gasteiger partial charge in [-0.25, -0.2) is 4.79 Å². The normalized spacial score (nSPS) is 14.7. The van der Waals surface area contributed by atoms with Crippen LogP contribution in [0.15, 0.2) is 30.3 Å². The third-order valence-corrected chi connectivity index (χ3v) is 6.06. The van der Waals surface area contributed by atoms with Crippen molar-refractivity contribution in [3.63, 3.8) is 0 Å². The van der Waals surface area contributed by atoms with E-state index in [1.807, 2.05) is 65.0 Å². The zero-order valence-electron chi connectivity index (χ0n) is 19.1. The molecule has 0 fully saturated rings. The minimum Gasteiger partial charge on any atom is -0.493 e. The highest BCUT2D eigenvalue weighted by molar-refractivity contribution is 6.35. The molecule has 3 aromatic rings. The van der Waals surface area contributed by atoms with E-state index in [-0.39, 0.29) is 0 Å². The molecule has 1 aliphatic heterocycles. The molecule has 1 atom stereocenters. The fraction of sp³-hybridized carbons (Fsp3) is 0.385. The highest BCUT2D eigenvalue weighted by Gasteiger charge is 2.33. The number of fused-ring (bicyclic) bond motifs is 2. The van der Waals surface area contributed by atoms with Crippen molar-refractivity contribution in [2.45, 2.75) is 59.2 Å². The van der Waals surface area contributed by atoms with Crippen LogP contribution < -0.4 is 4.74 Å². The van der Waals surface area contributed by atoms with Crippen LogP contribution in [0.5, 0.6) is 5.75 Å². The van der Waals surface area contributed by atoms with Crippen molar-refractivity contribution in [3.05, 3.63) is 57.7 Å². The van der Waals surface area contributed by atoms with Crippen LogP contribution in [0.25, 0.3) is 22.0 Å². The van der Waals surface area contributed by atoms with Gasteiger partial charge in [-0.15, -0.1) is 0 Å². The van der Waals surface area contributed by atoms with E-state index >= 15 is 0 Å². The summed E-state index contributed by atoms with van der Waals surface area (Å²) in [7, 11) is 0. The fourth-order valence-electron chi connectivity index (χ4n) is 4.31. The lowest BCUT2D eigenvalue weighted by Crippen LogP contribution is -2.28. The first-order valence-electron chi connectivity index (χ1n) is 10.8. The SMILES string of the molecule is Cc1ccc2nc(C)c([C@H](OC(C)(C)C)C(=O)O)c(-c3ccc4c(c3Cl)CCCO4)c2c1. The minimum atomic E-state index is -1.19. The molecule has 0 radical (unpaired) electrons. The molecule has 2 aromatic carbocycles. The topological polar surface area (TPSA) is 68.7 Å². The first-order valence-corrected chi connectivity index (χ1v) is 11.2. The van der Waals surface area contributed by atoms with Gasteiger partial charge in [0.2, 0.25) is 0 Å². The number of carbonyl (C=O) groups is 1. The molecule has 168 valence electrons. The maximum atomic E-state index is 12.4. The third kappa shape index (κ3) is 4.19. The van der Waals surface area contributed by atoms with Crippen LogP contribution in [-0.4, -0.2) is 28.3 Å². The fourth-order valence-corrected chi connectivity index (χ4v) is 4.65. The number of pyridine rings is 1. The van der Waals surface area contributed by atoms with E-state index in [0.29, 0.717) is 22.9 Å². The Morgan fingerprint density at radius 3 is 2.66 bits per heavy atom. The molecule has 1 N–H and O–H groups in total. The summed E-state index contributed by atoms with van der Waals surface area (Å²) >= 11 is 6.95. The van der Waals surface area contributed by atoms with Crippen LogP contribution in [0.3, 0.4) is 0 Å². The van der Waals surface area contributed by atoms with Crippen molar-refractivity contribution in [2.75, 3.05) is 6.61 Å². The molecule has 0 unspecified atom stereocenters. The van der Waals surface area contributed by atoms with Gasteiger partial charge in [0.15, 0.2) is 6.10 Å². The second kappa shape index (κ2) is 8.38. The summed E-state index contributed by atoms with van der Waals surface area (Å²) in [6, 6.07) is 9.84. The van der Waals surface area contributed by atoms with Gasteiger partial charge in [0.25, 0.3) is 0 Å². The molecule has 2 heterocycles. The minimum absolute atomic E-state index is 0.532. The van der Waals surface area contributed by atoms with Gasteiger partial charge in [0, 0.05) is 33.3 Å². The number of hydrogen-bond acceptors (Lipinski definition) is 4. The van der Waals surface area contributed by atoms with E-state index in [4.69, 9.17) is 26.1 Å². The molecule has 6 heteroatoms. The van der Waals surface area contributed by atoms with Gasteiger partial charge in [0.05, 0.1) is 22.7 Å². The Kier molecular flexibility index (Phi) is 5.91. The first-order chi connectivity index (χ1) is 15.1. The van der Waals surface area contributed by atoms with E-state index in [2.05, 4.69) is 0 Å². The van der Waals surface area contributed by atoms with Crippen LogP contribution in [-0.2, 0) is 16.0 Å². The number of carboxylic acids is 1. The van der Waals surface area contributed by atoms with E-state index in [1.165, 1.54) is 0 Å². The van der Waals surface area contributed by atoms with E-state index in [0.717, 1.165) is 51.7 Å². The van der Waals surface area contributed by atoms with Crippen LogP contribution in [0.4, 0.5) is 0 Å². The summed E-state index contributed by atoms with van der Waals surface area (Å²) in [5.74, 6) is -0.269. The molecule has 0 bridgehead atoms. The molecule has 1 aromatic heterocycles. The summed E-state index contributed by atoms with van der Waals surface area (Å²) in [6.45, 7) is 10.0. The van der Waals surface area contributed by atoms with Crippen molar-refractivity contribution in [2.24, 2.45) is 0 Å². The summed E-state index contributed by atoms with van der Waals surface area (Å²) in [6.07, 6.45) is 0.522. The van der Waals surface area contributed by atoms with Crippen molar-refractivity contribution in [3.8, 4) is 16.9 Å². The van der Waals surface area contributed by atoms with Crippen molar-refractivity contribution in [1.29, 1.82) is 0 Å². The van der Waals surface area contributed by atoms with E-state index in [9.17, 15) is 9.90 Å². The third-order valence-electron chi connectivity index (χ3n) is 5.62. The number of aliphatic carboxylic acids is 1. The number of aromatic nitrogens is 1. The molecule has 4 rings (SSSR count). The highest BCUT2D eigenvalue weighted by Crippen LogP contribution is 2.45. The molecule has 1 aliphatic rings. The first kappa shape index (κ1) is 22.6. The number of hydrogen-bond donors (Lipinski definition) is 1. The molecule has 0 aliphatic carbocycles. The van der Waals surface area contributed by atoms with Gasteiger partial charge in [-0.1, -0.05) is 23.2 Å². The van der Waals surface area contributed by atoms with Crippen LogP contribution in [0.1, 0.15) is 55.7 Å². The molecule has 0 spiro atoms. The molecule has 0 saturated heterocycles. The Hall–Kier alpha value is -2.63. The molecule has 32 heavy (non-hydrogen) atoms. The number of aryl methyl sites for hydroxylation is 2. The lowest BCUT2D eigenvalue weighted by atomic mass is 9.88. The number of benzene rings is 2. The Morgan fingerprint density at radius 2 is 1.97 bits per heavy atom. The highest BCUT2D eigenvalue weighted by atomic mass is 35.5. The number of ether oxygens (including phenoxy) is 2. The molecule has 0 saturated carbocycles. The summed E-state index contributed by atoms with van der Waals surface area (Å²) in [5.41, 5.74) is 4.81. The quantitative estimate of drug-likeness (QED) is 0.492. The monoisotopic (exact) mass is 453 g/mol. The lowest BCUT2D eigenvalue weighted by Gasteiger charge is -2.29. The van der Waals surface area contributed by atoms with Crippen LogP contribution in [0.2, 0.25) is 5.02 Å². The van der Waals surface area contributed by atoms with E-state index < -0.39 is 17.7 Å². The largest absolute Gasteiger partial charge is 0.493 e. The Bertz CT molecular complexity index is 1210. The summed E-state index contributed by atoms with van der Waals surface area (Å²) < 4.78 is 11.8. The number of carboxylic acid groups (broad SMARTS) is 1. The Balaban J connectivity index is 2.09. The number of nitrogens with zero attached hydrogens (tertiary/aromatic N) is 1. The van der Waals surface area contributed by atoms with Gasteiger partial charge in [-0.3, -0.25) is 4.98 Å². The average molecular weight is 454 g/mol. The van der Waals surface area contributed by atoms with E-state index in [1.54, 1.807) is 0 Å². The Labute approximate surface area is 193 Å². The van der Waals surface area contributed by atoms with Gasteiger partial charge >= 0.3 is 5.97 Å². The maximum Gasteiger partial charge on any atom is 0.337 e. The molecule has 5 nitrogen and oxygen atoms in total. The van der Waals surface area contributed by atoms with Crippen molar-refractivity contribution >= 4 is 28.5 Å². The van der Waals surface area contributed by atoms with Gasteiger partial charge < -0.3 is 14.6 Å². The van der Waals surface area contributed by atoms with Gasteiger partial charge in [0.1, 0.15) is 5.75 Å². The van der Waals surface area contributed by atoms with Crippen molar-refractivity contribution < 1.29 is 19.4 Å². The zero-order valence-corrected chi connectivity index (χ0v) is 19.8. The zero-order chi connectivity index (χ0) is 23.2. The van der Waals surface area contributed by atoms with Gasteiger partial charge in [-0.2, -0.15) is 0 Å².